The molecule has 192 valence electrons. The van der Waals surface area contributed by atoms with Gasteiger partial charge in [0, 0.05) is 36.2 Å². The fourth-order valence-corrected chi connectivity index (χ4v) is 4.30. The number of pyridine rings is 1. The van der Waals surface area contributed by atoms with Gasteiger partial charge >= 0.3 is 0 Å². The number of hydrogen-bond donors (Lipinski definition) is 2. The zero-order valence-electron chi connectivity index (χ0n) is 20.3. The fraction of sp³-hybridized carbons (Fsp3) is 0.185. The van der Waals surface area contributed by atoms with Gasteiger partial charge < -0.3 is 15.0 Å². The lowest BCUT2D eigenvalue weighted by Gasteiger charge is -2.29. The number of hydrogen-bond acceptors (Lipinski definition) is 9. The number of aliphatic imine (C=N–C) groups is 1. The summed E-state index contributed by atoms with van der Waals surface area (Å²) < 4.78 is 33.0. The van der Waals surface area contributed by atoms with E-state index in [1.54, 1.807) is 18.3 Å². The molecule has 2 aliphatic heterocycles. The van der Waals surface area contributed by atoms with Crippen LogP contribution in [0.1, 0.15) is 5.69 Å². The number of halogens is 2. The summed E-state index contributed by atoms with van der Waals surface area (Å²) in [6, 6.07) is 17.3. The summed E-state index contributed by atoms with van der Waals surface area (Å²) in [4.78, 5) is 19.5. The number of nitrogens with one attached hydrogen (secondary N) is 2. The van der Waals surface area contributed by atoms with Crippen LogP contribution < -0.4 is 20.7 Å². The second-order valence-electron chi connectivity index (χ2n) is 8.78. The second-order valence-corrected chi connectivity index (χ2v) is 8.78. The summed E-state index contributed by atoms with van der Waals surface area (Å²) in [5.41, 5.74) is 7.54. The van der Waals surface area contributed by atoms with Gasteiger partial charge in [0.15, 0.2) is 5.84 Å². The highest BCUT2D eigenvalue weighted by Crippen LogP contribution is 2.27. The molecule has 9 nitrogen and oxygen atoms in total. The Morgan fingerprint density at radius 1 is 0.842 bits per heavy atom. The van der Waals surface area contributed by atoms with Gasteiger partial charge in [0.2, 0.25) is 5.95 Å². The maximum atomic E-state index is 14.5. The van der Waals surface area contributed by atoms with Gasteiger partial charge in [0.25, 0.3) is 0 Å². The number of rotatable bonds is 6. The minimum absolute atomic E-state index is 0.314. The van der Waals surface area contributed by atoms with E-state index in [0.717, 1.165) is 36.3 Å². The summed E-state index contributed by atoms with van der Waals surface area (Å²) in [6.07, 6.45) is 2.81. The molecule has 0 atom stereocenters. The number of anilines is 4. The summed E-state index contributed by atoms with van der Waals surface area (Å²) in [6.45, 7) is 3.09. The third kappa shape index (κ3) is 5.23. The van der Waals surface area contributed by atoms with Gasteiger partial charge in [-0.3, -0.25) is 10.4 Å². The van der Waals surface area contributed by atoms with Gasteiger partial charge in [-0.2, -0.15) is 0 Å². The third-order valence-electron chi connectivity index (χ3n) is 6.23. The zero-order chi connectivity index (χ0) is 25.9. The summed E-state index contributed by atoms with van der Waals surface area (Å²) in [5.74, 6) is 0.271. The molecule has 1 fully saturated rings. The van der Waals surface area contributed by atoms with E-state index in [1.807, 2.05) is 35.3 Å². The Morgan fingerprint density at radius 2 is 1.68 bits per heavy atom. The van der Waals surface area contributed by atoms with E-state index in [9.17, 15) is 8.78 Å². The zero-order valence-corrected chi connectivity index (χ0v) is 20.3. The fourth-order valence-electron chi connectivity index (χ4n) is 4.30. The van der Waals surface area contributed by atoms with Crippen molar-refractivity contribution in [2.45, 2.75) is 0 Å². The number of amidine groups is 1. The van der Waals surface area contributed by atoms with Crippen LogP contribution >= 0.6 is 0 Å². The first-order chi connectivity index (χ1) is 18.6. The first-order valence-electron chi connectivity index (χ1n) is 12.2. The molecule has 0 radical (unpaired) electrons. The van der Waals surface area contributed by atoms with Crippen molar-refractivity contribution in [1.29, 1.82) is 0 Å². The maximum Gasteiger partial charge on any atom is 0.227 e. The second kappa shape index (κ2) is 10.4. The largest absolute Gasteiger partial charge is 0.378 e. The minimum Gasteiger partial charge on any atom is -0.378 e. The molecule has 2 aromatic carbocycles. The van der Waals surface area contributed by atoms with Crippen LogP contribution in [0.25, 0.3) is 11.3 Å². The molecule has 1 saturated heterocycles. The molecule has 0 aliphatic carbocycles. The molecule has 0 unspecified atom stereocenters. The van der Waals surface area contributed by atoms with Crippen LogP contribution in [0.4, 0.5) is 31.8 Å². The Kier molecular flexibility index (Phi) is 6.49. The molecular weight excluding hydrogens is 490 g/mol. The molecular formula is C27H24F2N8O. The number of ether oxygens (including phenoxy) is 1. The van der Waals surface area contributed by atoms with Gasteiger partial charge in [-0.1, -0.05) is 0 Å². The average molecular weight is 515 g/mol. The summed E-state index contributed by atoms with van der Waals surface area (Å²) >= 11 is 0. The van der Waals surface area contributed by atoms with Crippen LogP contribution in [-0.2, 0) is 4.74 Å². The standard InChI is InChI=1S/C27H24F2N8O/c28-19-1-6-25(31-16-19)26-32-17-37(35-26)22-4-2-21(3-5-22)33-27-30-8-7-24(34-27)18-13-20(29)15-23(14-18)36-9-11-38-12-10-36/h1-8,13-16H,9-12,17H2,(H,32,35)(H,30,33,34). The lowest BCUT2D eigenvalue weighted by Crippen LogP contribution is -2.36. The number of nitrogens with zero attached hydrogens (tertiary/aromatic N) is 6. The van der Waals surface area contributed by atoms with Crippen molar-refractivity contribution >= 4 is 28.8 Å². The molecule has 0 bridgehead atoms. The molecule has 0 amide bonds. The minimum atomic E-state index is -0.393. The number of morpholine rings is 1. The van der Waals surface area contributed by atoms with E-state index in [2.05, 4.69) is 35.6 Å². The van der Waals surface area contributed by atoms with Crippen molar-refractivity contribution in [3.05, 3.63) is 90.4 Å². The topological polar surface area (TPSA) is 90.8 Å². The average Bonchev–Trinajstić information content (AvgIpc) is 3.45. The Balaban J connectivity index is 1.13. The van der Waals surface area contributed by atoms with Gasteiger partial charge in [0.05, 0.1) is 30.8 Å². The van der Waals surface area contributed by atoms with Crippen molar-refractivity contribution < 1.29 is 13.5 Å². The van der Waals surface area contributed by atoms with Crippen LogP contribution in [0.3, 0.4) is 0 Å². The van der Waals surface area contributed by atoms with Crippen LogP contribution in [0.2, 0.25) is 0 Å². The van der Waals surface area contributed by atoms with E-state index < -0.39 is 5.82 Å². The lowest BCUT2D eigenvalue weighted by atomic mass is 10.1. The monoisotopic (exact) mass is 514 g/mol. The van der Waals surface area contributed by atoms with Crippen molar-refractivity contribution in [2.24, 2.45) is 4.99 Å². The van der Waals surface area contributed by atoms with Crippen molar-refractivity contribution in [2.75, 3.05) is 48.2 Å². The van der Waals surface area contributed by atoms with E-state index >= 15 is 0 Å². The quantitative estimate of drug-likeness (QED) is 0.397. The number of hydrazine groups is 1. The highest BCUT2D eigenvalue weighted by Gasteiger charge is 2.18. The highest BCUT2D eigenvalue weighted by molar-refractivity contribution is 5.99. The van der Waals surface area contributed by atoms with Gasteiger partial charge in [-0.15, -0.1) is 0 Å². The highest BCUT2D eigenvalue weighted by atomic mass is 19.1. The molecule has 4 heterocycles. The van der Waals surface area contributed by atoms with Gasteiger partial charge in [-0.05, 0) is 60.7 Å². The lowest BCUT2D eigenvalue weighted by molar-refractivity contribution is 0.122. The summed E-state index contributed by atoms with van der Waals surface area (Å²) in [5, 5.41) is 5.07. The van der Waals surface area contributed by atoms with Crippen LogP contribution in [0, 0.1) is 11.6 Å². The predicted molar refractivity (Wildman–Crippen MR) is 141 cm³/mol. The SMILES string of the molecule is Fc1ccc(C2=NCN(c3ccc(Nc4nccc(-c5cc(F)cc(N6CCOCC6)c5)n4)cc3)N2)nc1. The van der Waals surface area contributed by atoms with E-state index in [0.29, 0.717) is 48.6 Å². The molecule has 0 saturated carbocycles. The number of aromatic nitrogens is 3. The Labute approximate surface area is 217 Å². The van der Waals surface area contributed by atoms with Crippen molar-refractivity contribution in [3.63, 3.8) is 0 Å². The number of benzene rings is 2. The molecule has 2 aromatic heterocycles. The molecule has 11 heteroatoms. The molecule has 2 aliphatic rings. The van der Waals surface area contributed by atoms with Gasteiger partial charge in [0.1, 0.15) is 24.0 Å². The van der Waals surface area contributed by atoms with Crippen molar-refractivity contribution in [1.82, 2.24) is 20.4 Å². The maximum absolute atomic E-state index is 14.5. The molecule has 38 heavy (non-hydrogen) atoms. The first kappa shape index (κ1) is 23.7. The third-order valence-corrected chi connectivity index (χ3v) is 6.23. The van der Waals surface area contributed by atoms with E-state index in [1.165, 1.54) is 18.2 Å². The summed E-state index contributed by atoms with van der Waals surface area (Å²) in [7, 11) is 0. The molecule has 0 spiro atoms. The van der Waals surface area contributed by atoms with Crippen LogP contribution in [0.15, 0.2) is 78.0 Å². The Morgan fingerprint density at radius 3 is 2.47 bits per heavy atom. The van der Waals surface area contributed by atoms with E-state index in [-0.39, 0.29) is 5.82 Å². The molecule has 2 N–H and O–H groups in total. The first-order valence-corrected chi connectivity index (χ1v) is 12.2. The molecule has 4 aromatic rings. The van der Waals surface area contributed by atoms with Crippen LogP contribution in [-0.4, -0.2) is 53.8 Å². The van der Waals surface area contributed by atoms with Gasteiger partial charge in [-0.25, -0.2) is 28.7 Å². The van der Waals surface area contributed by atoms with Crippen molar-refractivity contribution in [3.8, 4) is 11.3 Å². The Hall–Kier alpha value is -4.64. The normalized spacial score (nSPS) is 15.3. The molecule has 6 rings (SSSR count). The predicted octanol–water partition coefficient (Wildman–Crippen LogP) is 4.13. The van der Waals surface area contributed by atoms with Crippen LogP contribution in [0.5, 0.6) is 0 Å². The Bertz CT molecular complexity index is 1460. The smallest absolute Gasteiger partial charge is 0.227 e. The van der Waals surface area contributed by atoms with E-state index in [4.69, 9.17) is 4.74 Å².